The molecular formula is C16H16Cl2N2O2. The number of rotatable bonds is 5. The number of amides is 1. The summed E-state index contributed by atoms with van der Waals surface area (Å²) < 4.78 is 5.07. The van der Waals surface area contributed by atoms with E-state index in [-0.39, 0.29) is 5.91 Å². The highest BCUT2D eigenvalue weighted by Gasteiger charge is 2.13. The van der Waals surface area contributed by atoms with Crippen LogP contribution in [0.2, 0.25) is 10.0 Å². The van der Waals surface area contributed by atoms with Gasteiger partial charge in [-0.25, -0.2) is 0 Å². The Morgan fingerprint density at radius 1 is 1.05 bits per heavy atom. The van der Waals surface area contributed by atoms with Crippen molar-refractivity contribution in [3.05, 3.63) is 52.5 Å². The zero-order valence-electron chi connectivity index (χ0n) is 12.2. The maximum absolute atomic E-state index is 12.2. The molecule has 2 aromatic carbocycles. The zero-order valence-corrected chi connectivity index (χ0v) is 13.7. The molecule has 2 aromatic rings. The van der Waals surface area contributed by atoms with E-state index in [2.05, 4.69) is 10.6 Å². The molecule has 0 spiro atoms. The first-order valence-corrected chi connectivity index (χ1v) is 7.41. The van der Waals surface area contributed by atoms with E-state index >= 15 is 0 Å². The summed E-state index contributed by atoms with van der Waals surface area (Å²) in [6, 6.07) is 11.7. The van der Waals surface area contributed by atoms with E-state index in [0.29, 0.717) is 21.4 Å². The number of anilines is 2. The lowest BCUT2D eigenvalue weighted by atomic mass is 10.2. The second-order valence-corrected chi connectivity index (χ2v) is 5.61. The largest absolute Gasteiger partial charge is 0.497 e. The van der Waals surface area contributed by atoms with Crippen molar-refractivity contribution in [3.63, 3.8) is 0 Å². The van der Waals surface area contributed by atoms with Crippen LogP contribution < -0.4 is 15.4 Å². The number of nitrogens with one attached hydrogen (secondary N) is 2. The van der Waals surface area contributed by atoms with Crippen LogP contribution >= 0.6 is 23.2 Å². The van der Waals surface area contributed by atoms with Gasteiger partial charge in [0.15, 0.2) is 0 Å². The molecule has 0 unspecified atom stereocenters. The molecule has 0 aromatic heterocycles. The van der Waals surface area contributed by atoms with Crippen LogP contribution in [0.3, 0.4) is 0 Å². The fourth-order valence-corrected chi connectivity index (χ4v) is 2.40. The third-order valence-electron chi connectivity index (χ3n) is 3.00. The molecule has 2 N–H and O–H groups in total. The van der Waals surface area contributed by atoms with Gasteiger partial charge in [-0.15, -0.1) is 0 Å². The van der Waals surface area contributed by atoms with Gasteiger partial charge in [0.25, 0.3) is 0 Å². The number of hydrogen-bond acceptors (Lipinski definition) is 3. The summed E-state index contributed by atoms with van der Waals surface area (Å²) in [7, 11) is 1.59. The molecule has 0 saturated carbocycles. The Morgan fingerprint density at radius 2 is 1.64 bits per heavy atom. The number of ether oxygens (including phenoxy) is 1. The standard InChI is InChI=1S/C16H16Cl2N2O2/c1-10(19-14-8-11(17)7-12(18)9-14)16(21)20-13-3-5-15(22-2)6-4-13/h3-10,19H,1-2H3,(H,20,21)/t10-/m1/s1. The highest BCUT2D eigenvalue weighted by Crippen LogP contribution is 2.23. The topological polar surface area (TPSA) is 50.4 Å². The SMILES string of the molecule is COc1ccc(NC(=O)[C@@H](C)Nc2cc(Cl)cc(Cl)c2)cc1. The quantitative estimate of drug-likeness (QED) is 0.847. The summed E-state index contributed by atoms with van der Waals surface area (Å²) in [5.41, 5.74) is 1.39. The molecule has 0 heterocycles. The number of carbonyl (C=O) groups is 1. The summed E-state index contributed by atoms with van der Waals surface area (Å²) in [4.78, 5) is 12.2. The van der Waals surface area contributed by atoms with Gasteiger partial charge in [0.1, 0.15) is 11.8 Å². The number of hydrogen-bond donors (Lipinski definition) is 2. The second kappa shape index (κ2) is 7.38. The minimum absolute atomic E-state index is 0.165. The summed E-state index contributed by atoms with van der Waals surface area (Å²) in [6.45, 7) is 1.76. The molecule has 0 aliphatic rings. The first-order valence-electron chi connectivity index (χ1n) is 6.65. The van der Waals surface area contributed by atoms with Gasteiger partial charge in [-0.1, -0.05) is 23.2 Å². The molecule has 6 heteroatoms. The Morgan fingerprint density at radius 3 is 2.18 bits per heavy atom. The van der Waals surface area contributed by atoms with Crippen molar-refractivity contribution in [2.45, 2.75) is 13.0 Å². The highest BCUT2D eigenvalue weighted by atomic mass is 35.5. The van der Waals surface area contributed by atoms with E-state index in [1.807, 2.05) is 0 Å². The van der Waals surface area contributed by atoms with Gasteiger partial charge in [-0.05, 0) is 49.4 Å². The van der Waals surface area contributed by atoms with Crippen LogP contribution in [0.5, 0.6) is 5.75 Å². The molecular weight excluding hydrogens is 323 g/mol. The normalized spacial score (nSPS) is 11.6. The van der Waals surface area contributed by atoms with Gasteiger partial charge >= 0.3 is 0 Å². The van der Waals surface area contributed by atoms with Gasteiger partial charge in [0.2, 0.25) is 5.91 Å². The van der Waals surface area contributed by atoms with Crippen molar-refractivity contribution in [1.29, 1.82) is 0 Å². The minimum atomic E-state index is -0.448. The molecule has 0 radical (unpaired) electrons. The Hall–Kier alpha value is -1.91. The van der Waals surface area contributed by atoms with Crippen LogP contribution in [-0.4, -0.2) is 19.1 Å². The van der Waals surface area contributed by atoms with E-state index < -0.39 is 6.04 Å². The Balaban J connectivity index is 1.99. The van der Waals surface area contributed by atoms with E-state index in [1.54, 1.807) is 56.5 Å². The van der Waals surface area contributed by atoms with Crippen LogP contribution in [0.1, 0.15) is 6.92 Å². The predicted octanol–water partition coefficient (Wildman–Crippen LogP) is 4.44. The smallest absolute Gasteiger partial charge is 0.246 e. The van der Waals surface area contributed by atoms with Crippen molar-refractivity contribution in [1.82, 2.24) is 0 Å². The lowest BCUT2D eigenvalue weighted by Crippen LogP contribution is -2.31. The van der Waals surface area contributed by atoms with E-state index in [4.69, 9.17) is 27.9 Å². The number of benzene rings is 2. The molecule has 22 heavy (non-hydrogen) atoms. The molecule has 116 valence electrons. The summed E-state index contributed by atoms with van der Waals surface area (Å²) in [5, 5.41) is 6.90. The molecule has 0 saturated heterocycles. The second-order valence-electron chi connectivity index (χ2n) is 4.74. The van der Waals surface area contributed by atoms with E-state index in [0.717, 1.165) is 5.75 Å². The first-order chi connectivity index (χ1) is 10.5. The van der Waals surface area contributed by atoms with Crippen molar-refractivity contribution in [2.24, 2.45) is 0 Å². The molecule has 1 atom stereocenters. The lowest BCUT2D eigenvalue weighted by molar-refractivity contribution is -0.116. The van der Waals surface area contributed by atoms with Gasteiger partial charge in [0, 0.05) is 21.4 Å². The van der Waals surface area contributed by atoms with Gasteiger partial charge in [-0.3, -0.25) is 4.79 Å². The molecule has 2 rings (SSSR count). The van der Waals surface area contributed by atoms with Crippen LogP contribution in [0, 0.1) is 0 Å². The minimum Gasteiger partial charge on any atom is -0.497 e. The molecule has 4 nitrogen and oxygen atoms in total. The van der Waals surface area contributed by atoms with Crippen molar-refractivity contribution < 1.29 is 9.53 Å². The third-order valence-corrected chi connectivity index (χ3v) is 3.43. The molecule has 0 bridgehead atoms. The maximum Gasteiger partial charge on any atom is 0.246 e. The third kappa shape index (κ3) is 4.55. The Bertz CT molecular complexity index is 639. The van der Waals surface area contributed by atoms with Crippen molar-refractivity contribution in [3.8, 4) is 5.75 Å². The summed E-state index contributed by atoms with van der Waals surface area (Å²) in [5.74, 6) is 0.569. The number of halogens is 2. The summed E-state index contributed by atoms with van der Waals surface area (Å²) >= 11 is 11.9. The summed E-state index contributed by atoms with van der Waals surface area (Å²) in [6.07, 6.45) is 0. The fraction of sp³-hybridized carbons (Fsp3) is 0.188. The average molecular weight is 339 g/mol. The van der Waals surface area contributed by atoms with Gasteiger partial charge < -0.3 is 15.4 Å². The zero-order chi connectivity index (χ0) is 16.1. The highest BCUT2D eigenvalue weighted by molar-refractivity contribution is 6.35. The molecule has 0 aliphatic heterocycles. The first kappa shape index (κ1) is 16.5. The Kier molecular flexibility index (Phi) is 5.52. The van der Waals surface area contributed by atoms with Crippen molar-refractivity contribution in [2.75, 3.05) is 17.7 Å². The molecule has 1 amide bonds. The number of methoxy groups -OCH3 is 1. The maximum atomic E-state index is 12.2. The predicted molar refractivity (Wildman–Crippen MR) is 91.2 cm³/mol. The lowest BCUT2D eigenvalue weighted by Gasteiger charge is -2.16. The molecule has 0 aliphatic carbocycles. The van der Waals surface area contributed by atoms with Crippen LogP contribution in [0.25, 0.3) is 0 Å². The van der Waals surface area contributed by atoms with Crippen LogP contribution in [0.15, 0.2) is 42.5 Å². The number of carbonyl (C=O) groups excluding carboxylic acids is 1. The van der Waals surface area contributed by atoms with Crippen LogP contribution in [0.4, 0.5) is 11.4 Å². The Labute approximate surface area is 139 Å². The fourth-order valence-electron chi connectivity index (χ4n) is 1.88. The molecule has 0 fully saturated rings. The average Bonchev–Trinajstić information content (AvgIpc) is 2.46. The van der Waals surface area contributed by atoms with Crippen LogP contribution in [-0.2, 0) is 4.79 Å². The van der Waals surface area contributed by atoms with E-state index in [9.17, 15) is 4.79 Å². The van der Waals surface area contributed by atoms with E-state index in [1.165, 1.54) is 0 Å². The van der Waals surface area contributed by atoms with Gasteiger partial charge in [0.05, 0.1) is 7.11 Å². The van der Waals surface area contributed by atoms with Gasteiger partial charge in [-0.2, -0.15) is 0 Å². The monoisotopic (exact) mass is 338 g/mol. The van der Waals surface area contributed by atoms with Crippen molar-refractivity contribution >= 4 is 40.5 Å².